The lowest BCUT2D eigenvalue weighted by Crippen LogP contribution is -1.85. The maximum atomic E-state index is 10.3. The number of aryl methyl sites for hydroxylation is 1. The molecule has 0 spiro atoms. The Balaban J connectivity index is 2.00. The van der Waals surface area contributed by atoms with E-state index in [-0.39, 0.29) is 0 Å². The molecule has 0 saturated carbocycles. The molecule has 0 amide bonds. The number of fused-ring (bicyclic) bond motifs is 1. The first-order valence-corrected chi connectivity index (χ1v) is 6.68. The molecule has 0 aliphatic heterocycles. The smallest absolute Gasteiger partial charge is 0.328 e. The Labute approximate surface area is 123 Å². The van der Waals surface area contributed by atoms with Crippen molar-refractivity contribution in [2.45, 2.75) is 12.8 Å². The summed E-state index contributed by atoms with van der Waals surface area (Å²) in [6.45, 7) is 0. The summed E-state index contributed by atoms with van der Waals surface area (Å²) >= 11 is 0. The molecule has 0 aromatic heterocycles. The molecule has 104 valence electrons. The first-order valence-electron chi connectivity index (χ1n) is 6.68. The number of benzene rings is 2. The van der Waals surface area contributed by atoms with Crippen LogP contribution in [0.4, 0.5) is 0 Å². The van der Waals surface area contributed by atoms with Crippen LogP contribution in [0, 0.1) is 11.3 Å². The third kappa shape index (κ3) is 4.32. The van der Waals surface area contributed by atoms with Gasteiger partial charge in [0.05, 0.1) is 11.6 Å². The van der Waals surface area contributed by atoms with Crippen molar-refractivity contribution in [3.05, 3.63) is 71.8 Å². The molecule has 1 N–H and O–H groups in total. The number of hydrogen-bond donors (Lipinski definition) is 1. The van der Waals surface area contributed by atoms with Crippen LogP contribution in [0.25, 0.3) is 10.8 Å². The maximum Gasteiger partial charge on any atom is 0.328 e. The van der Waals surface area contributed by atoms with Crippen molar-refractivity contribution < 1.29 is 9.90 Å². The van der Waals surface area contributed by atoms with E-state index in [1.165, 1.54) is 11.6 Å². The van der Waals surface area contributed by atoms with Crippen LogP contribution in [0.15, 0.2) is 60.7 Å². The number of carbonyl (C=O) groups is 1. The molecule has 21 heavy (non-hydrogen) atoms. The van der Waals surface area contributed by atoms with E-state index in [1.807, 2.05) is 30.3 Å². The lowest BCUT2D eigenvalue weighted by Gasteiger charge is -2.02. The van der Waals surface area contributed by atoms with Crippen LogP contribution in [-0.2, 0) is 11.2 Å². The summed E-state index contributed by atoms with van der Waals surface area (Å²) in [7, 11) is 0. The van der Waals surface area contributed by atoms with Crippen molar-refractivity contribution in [3.8, 4) is 6.07 Å². The summed E-state index contributed by atoms with van der Waals surface area (Å²) < 4.78 is 0. The zero-order valence-electron chi connectivity index (χ0n) is 11.5. The Hall–Kier alpha value is -2.86. The summed E-state index contributed by atoms with van der Waals surface area (Å²) in [6, 6.07) is 14.0. The van der Waals surface area contributed by atoms with Crippen LogP contribution in [0.5, 0.6) is 0 Å². The van der Waals surface area contributed by atoms with Crippen molar-refractivity contribution >= 4 is 16.7 Å². The van der Waals surface area contributed by atoms with E-state index in [9.17, 15) is 4.79 Å². The standard InChI is InChI=1S/C18H15NO2/c19-13-15-8-10-16-11-14(7-9-17(16)12-15)5-3-1-2-4-6-18(20)21/h1-2,4,6-12H,3,5H2,(H,20,21)/b2-1+,6-4+. The van der Waals surface area contributed by atoms with Gasteiger partial charge in [0.15, 0.2) is 0 Å². The molecule has 3 heteroatoms. The summed E-state index contributed by atoms with van der Waals surface area (Å²) in [4.78, 5) is 10.3. The number of nitriles is 1. The number of hydrogen-bond acceptors (Lipinski definition) is 2. The SMILES string of the molecule is N#Cc1ccc2cc(CC/C=C/C=C/C(=O)O)ccc2c1. The molecular formula is C18H15NO2. The molecule has 0 bridgehead atoms. The van der Waals surface area contributed by atoms with Crippen molar-refractivity contribution in [1.29, 1.82) is 5.26 Å². The predicted molar refractivity (Wildman–Crippen MR) is 82.9 cm³/mol. The van der Waals surface area contributed by atoms with E-state index in [0.717, 1.165) is 29.7 Å². The second kappa shape index (κ2) is 7.06. The molecule has 3 nitrogen and oxygen atoms in total. The highest BCUT2D eigenvalue weighted by Crippen LogP contribution is 2.18. The topological polar surface area (TPSA) is 61.1 Å². The summed E-state index contributed by atoms with van der Waals surface area (Å²) in [5, 5.41) is 19.5. The van der Waals surface area contributed by atoms with Crippen LogP contribution < -0.4 is 0 Å². The summed E-state index contributed by atoms with van der Waals surface area (Å²) in [6.07, 6.45) is 8.07. The highest BCUT2D eigenvalue weighted by molar-refractivity contribution is 5.84. The maximum absolute atomic E-state index is 10.3. The van der Waals surface area contributed by atoms with E-state index in [4.69, 9.17) is 10.4 Å². The summed E-state index contributed by atoms with van der Waals surface area (Å²) in [5.41, 5.74) is 1.89. The first-order chi connectivity index (χ1) is 10.2. The van der Waals surface area contributed by atoms with Gasteiger partial charge in [0, 0.05) is 6.08 Å². The van der Waals surface area contributed by atoms with Crippen LogP contribution in [0.1, 0.15) is 17.5 Å². The zero-order valence-corrected chi connectivity index (χ0v) is 11.5. The van der Waals surface area contributed by atoms with Crippen molar-refractivity contribution in [2.24, 2.45) is 0 Å². The Morgan fingerprint density at radius 3 is 2.67 bits per heavy atom. The molecular weight excluding hydrogens is 262 g/mol. The van der Waals surface area contributed by atoms with Crippen LogP contribution in [0.2, 0.25) is 0 Å². The molecule has 0 unspecified atom stereocenters. The normalized spacial score (nSPS) is 11.2. The van der Waals surface area contributed by atoms with Gasteiger partial charge >= 0.3 is 5.97 Å². The molecule has 2 aromatic carbocycles. The third-order valence-corrected chi connectivity index (χ3v) is 3.12. The molecule has 0 aliphatic rings. The Bertz CT molecular complexity index is 751. The fraction of sp³-hybridized carbons (Fsp3) is 0.111. The molecule has 0 atom stereocenters. The number of rotatable bonds is 5. The average Bonchev–Trinajstić information content (AvgIpc) is 2.49. The van der Waals surface area contributed by atoms with Gasteiger partial charge in [-0.1, -0.05) is 42.5 Å². The monoisotopic (exact) mass is 277 g/mol. The van der Waals surface area contributed by atoms with Crippen LogP contribution >= 0.6 is 0 Å². The quantitative estimate of drug-likeness (QED) is 0.667. The van der Waals surface area contributed by atoms with Gasteiger partial charge < -0.3 is 5.11 Å². The molecule has 2 rings (SSSR count). The van der Waals surface area contributed by atoms with Gasteiger partial charge in [-0.05, 0) is 41.3 Å². The van der Waals surface area contributed by atoms with Crippen molar-refractivity contribution in [2.75, 3.05) is 0 Å². The van der Waals surface area contributed by atoms with E-state index in [2.05, 4.69) is 18.2 Å². The second-order valence-electron chi connectivity index (χ2n) is 4.67. The number of aliphatic carboxylic acids is 1. The van der Waals surface area contributed by atoms with Gasteiger partial charge in [-0.3, -0.25) is 0 Å². The number of carboxylic acids is 1. The number of nitrogens with zero attached hydrogens (tertiary/aromatic N) is 1. The van der Waals surface area contributed by atoms with E-state index < -0.39 is 5.97 Å². The van der Waals surface area contributed by atoms with Crippen LogP contribution in [0.3, 0.4) is 0 Å². The van der Waals surface area contributed by atoms with Gasteiger partial charge in [0.25, 0.3) is 0 Å². The van der Waals surface area contributed by atoms with Gasteiger partial charge in [0.2, 0.25) is 0 Å². The fourth-order valence-electron chi connectivity index (χ4n) is 2.08. The zero-order chi connectivity index (χ0) is 15.1. The highest BCUT2D eigenvalue weighted by Gasteiger charge is 1.98. The molecule has 0 aliphatic carbocycles. The Kier molecular flexibility index (Phi) is 4.89. The molecule has 0 heterocycles. The number of allylic oxidation sites excluding steroid dienone is 3. The lowest BCUT2D eigenvalue weighted by molar-refractivity contribution is -0.131. The lowest BCUT2D eigenvalue weighted by atomic mass is 10.0. The van der Waals surface area contributed by atoms with Crippen molar-refractivity contribution in [1.82, 2.24) is 0 Å². The minimum Gasteiger partial charge on any atom is -0.478 e. The molecule has 0 fully saturated rings. The average molecular weight is 277 g/mol. The largest absolute Gasteiger partial charge is 0.478 e. The van der Waals surface area contributed by atoms with Gasteiger partial charge in [0.1, 0.15) is 0 Å². The highest BCUT2D eigenvalue weighted by atomic mass is 16.4. The first kappa shape index (κ1) is 14.5. The van der Waals surface area contributed by atoms with E-state index >= 15 is 0 Å². The molecule has 0 saturated heterocycles. The second-order valence-corrected chi connectivity index (χ2v) is 4.67. The molecule has 0 radical (unpaired) electrons. The van der Waals surface area contributed by atoms with Gasteiger partial charge in [-0.25, -0.2) is 4.79 Å². The fourth-order valence-corrected chi connectivity index (χ4v) is 2.08. The minimum atomic E-state index is -0.939. The summed E-state index contributed by atoms with van der Waals surface area (Å²) in [5.74, 6) is -0.939. The van der Waals surface area contributed by atoms with Crippen LogP contribution in [-0.4, -0.2) is 11.1 Å². The van der Waals surface area contributed by atoms with E-state index in [0.29, 0.717) is 5.56 Å². The van der Waals surface area contributed by atoms with Gasteiger partial charge in [-0.15, -0.1) is 0 Å². The Morgan fingerprint density at radius 1 is 1.14 bits per heavy atom. The third-order valence-electron chi connectivity index (χ3n) is 3.12. The molecule has 2 aromatic rings. The Morgan fingerprint density at radius 2 is 1.90 bits per heavy atom. The minimum absolute atomic E-state index is 0.670. The number of carboxylic acid groups (broad SMARTS) is 1. The van der Waals surface area contributed by atoms with Crippen molar-refractivity contribution in [3.63, 3.8) is 0 Å². The predicted octanol–water partition coefficient (Wildman–Crippen LogP) is 3.84. The van der Waals surface area contributed by atoms with Gasteiger partial charge in [-0.2, -0.15) is 5.26 Å². The van der Waals surface area contributed by atoms with E-state index in [1.54, 1.807) is 6.08 Å².